The molecule has 0 aromatic heterocycles. The van der Waals surface area contributed by atoms with Gasteiger partial charge in [0.1, 0.15) is 0 Å². The van der Waals surface area contributed by atoms with Crippen molar-refractivity contribution in [2.45, 2.75) is 19.1 Å². The van der Waals surface area contributed by atoms with Crippen LogP contribution in [-0.2, 0) is 20.9 Å². The number of esters is 1. The highest BCUT2D eigenvalue weighted by Gasteiger charge is 2.29. The number of carbonyl (C=O) groups is 3. The second kappa shape index (κ2) is 9.81. The monoisotopic (exact) mass is 386 g/mol. The van der Waals surface area contributed by atoms with E-state index < -0.39 is 35.0 Å². The molecule has 0 aliphatic heterocycles. The van der Waals surface area contributed by atoms with E-state index in [1.165, 1.54) is 18.2 Å². The van der Waals surface area contributed by atoms with Crippen molar-refractivity contribution in [1.82, 2.24) is 5.32 Å². The number of benzene rings is 2. The molecule has 0 spiro atoms. The Bertz CT molecular complexity index is 868. The quantitative estimate of drug-likeness (QED) is 0.302. The molecule has 146 valence electrons. The van der Waals surface area contributed by atoms with Crippen LogP contribution in [0.15, 0.2) is 48.5 Å². The third-order valence-electron chi connectivity index (χ3n) is 3.79. The van der Waals surface area contributed by atoms with Gasteiger partial charge in [-0.3, -0.25) is 24.5 Å². The Balaban J connectivity index is 2.23. The fraction of sp³-hybridized carbons (Fsp3) is 0.211. The molecule has 9 nitrogen and oxygen atoms in total. The number of nitro benzene ring substituents is 1. The summed E-state index contributed by atoms with van der Waals surface area (Å²) in [6, 6.07) is 12.9. The SMILES string of the molecule is COC(=O)CC(Oc1cccc(C=O)c1[N+](=O)[O-])C(=O)NCc1ccccc1. The highest BCUT2D eigenvalue weighted by atomic mass is 16.6. The van der Waals surface area contributed by atoms with Crippen molar-refractivity contribution in [3.8, 4) is 5.75 Å². The molecule has 2 aromatic rings. The molecule has 0 saturated carbocycles. The number of carbonyl (C=O) groups excluding carboxylic acids is 3. The molecule has 28 heavy (non-hydrogen) atoms. The Hall–Kier alpha value is -3.75. The lowest BCUT2D eigenvalue weighted by Crippen LogP contribution is -2.39. The summed E-state index contributed by atoms with van der Waals surface area (Å²) in [5.41, 5.74) is 0.0360. The average Bonchev–Trinajstić information content (AvgIpc) is 2.71. The van der Waals surface area contributed by atoms with Crippen LogP contribution in [0.3, 0.4) is 0 Å². The number of rotatable bonds is 9. The first-order chi connectivity index (χ1) is 13.5. The number of hydrogen-bond acceptors (Lipinski definition) is 7. The van der Waals surface area contributed by atoms with Gasteiger partial charge in [0.25, 0.3) is 5.91 Å². The van der Waals surface area contributed by atoms with Crippen LogP contribution in [0.25, 0.3) is 0 Å². The van der Waals surface area contributed by atoms with Crippen LogP contribution in [0.5, 0.6) is 5.75 Å². The van der Waals surface area contributed by atoms with E-state index >= 15 is 0 Å². The van der Waals surface area contributed by atoms with Crippen molar-refractivity contribution in [2.75, 3.05) is 7.11 Å². The van der Waals surface area contributed by atoms with Gasteiger partial charge in [-0.05, 0) is 17.7 Å². The molecule has 0 saturated heterocycles. The van der Waals surface area contributed by atoms with Crippen LogP contribution >= 0.6 is 0 Å². The smallest absolute Gasteiger partial charge is 0.321 e. The van der Waals surface area contributed by atoms with Crippen molar-refractivity contribution < 1.29 is 28.8 Å². The second-order valence-electron chi connectivity index (χ2n) is 5.66. The summed E-state index contributed by atoms with van der Waals surface area (Å²) < 4.78 is 10.0. The minimum atomic E-state index is -1.38. The number of aldehydes is 1. The molecule has 0 aliphatic carbocycles. The zero-order chi connectivity index (χ0) is 20.5. The summed E-state index contributed by atoms with van der Waals surface area (Å²) in [6.45, 7) is 0.178. The Morgan fingerprint density at radius 3 is 2.50 bits per heavy atom. The second-order valence-corrected chi connectivity index (χ2v) is 5.66. The Labute approximate surface area is 160 Å². The number of amides is 1. The molecule has 1 amide bonds. The fourth-order valence-electron chi connectivity index (χ4n) is 2.40. The van der Waals surface area contributed by atoms with Gasteiger partial charge in [-0.1, -0.05) is 36.4 Å². The first-order valence-electron chi connectivity index (χ1n) is 8.24. The van der Waals surface area contributed by atoms with Crippen molar-refractivity contribution in [3.05, 3.63) is 69.8 Å². The predicted molar refractivity (Wildman–Crippen MR) is 97.8 cm³/mol. The Kier molecular flexibility index (Phi) is 7.21. The van der Waals surface area contributed by atoms with Gasteiger partial charge in [-0.2, -0.15) is 0 Å². The van der Waals surface area contributed by atoms with Gasteiger partial charge in [0.05, 0.1) is 24.0 Å². The maximum Gasteiger partial charge on any atom is 0.321 e. The van der Waals surface area contributed by atoms with E-state index in [1.54, 1.807) is 24.3 Å². The van der Waals surface area contributed by atoms with Crippen LogP contribution in [0.2, 0.25) is 0 Å². The number of nitrogens with one attached hydrogen (secondary N) is 1. The number of nitrogens with zero attached hydrogens (tertiary/aromatic N) is 1. The molecule has 0 heterocycles. The standard InChI is InChI=1S/C19H18N2O7/c1-27-17(23)10-16(19(24)20-11-13-6-3-2-4-7-13)28-15-9-5-8-14(12-22)18(15)21(25)26/h2-9,12,16H,10-11H2,1H3,(H,20,24). The van der Waals surface area contributed by atoms with E-state index in [4.69, 9.17) is 4.74 Å². The number of ether oxygens (including phenoxy) is 2. The molecule has 2 rings (SSSR count). The summed E-state index contributed by atoms with van der Waals surface area (Å²) in [4.78, 5) is 45.8. The van der Waals surface area contributed by atoms with E-state index in [0.29, 0.717) is 6.29 Å². The minimum Gasteiger partial charge on any atom is -0.473 e. The molecule has 1 atom stereocenters. The average molecular weight is 386 g/mol. The van der Waals surface area contributed by atoms with Crippen LogP contribution < -0.4 is 10.1 Å². The third kappa shape index (κ3) is 5.37. The molecule has 1 unspecified atom stereocenters. The largest absolute Gasteiger partial charge is 0.473 e. The molecule has 0 aliphatic rings. The van der Waals surface area contributed by atoms with Gasteiger partial charge in [0.15, 0.2) is 18.1 Å². The normalized spacial score (nSPS) is 11.2. The topological polar surface area (TPSA) is 125 Å². The summed E-state index contributed by atoms with van der Waals surface area (Å²) in [5, 5.41) is 13.9. The van der Waals surface area contributed by atoms with E-state index in [2.05, 4.69) is 10.1 Å². The van der Waals surface area contributed by atoms with Crippen LogP contribution in [0, 0.1) is 10.1 Å². The highest BCUT2D eigenvalue weighted by Crippen LogP contribution is 2.31. The lowest BCUT2D eigenvalue weighted by Gasteiger charge is -2.18. The minimum absolute atomic E-state index is 0.178. The summed E-state index contributed by atoms with van der Waals surface area (Å²) in [6.07, 6.45) is -1.52. The van der Waals surface area contributed by atoms with Gasteiger partial charge in [0, 0.05) is 6.54 Å². The predicted octanol–water partition coefficient (Wildman–Crippen LogP) is 2.03. The summed E-state index contributed by atoms with van der Waals surface area (Å²) in [7, 11) is 1.15. The lowest BCUT2D eigenvalue weighted by atomic mass is 10.1. The van der Waals surface area contributed by atoms with Crippen molar-refractivity contribution >= 4 is 23.9 Å². The maximum atomic E-state index is 12.5. The van der Waals surface area contributed by atoms with E-state index in [1.807, 2.05) is 6.07 Å². The van der Waals surface area contributed by atoms with Crippen LogP contribution in [-0.4, -0.2) is 36.3 Å². The highest BCUT2D eigenvalue weighted by molar-refractivity contribution is 5.87. The van der Waals surface area contributed by atoms with Crippen molar-refractivity contribution in [3.63, 3.8) is 0 Å². The van der Waals surface area contributed by atoms with E-state index in [0.717, 1.165) is 12.7 Å². The van der Waals surface area contributed by atoms with Crippen LogP contribution in [0.1, 0.15) is 22.3 Å². The van der Waals surface area contributed by atoms with E-state index in [-0.39, 0.29) is 17.9 Å². The molecular weight excluding hydrogens is 368 g/mol. The number of methoxy groups -OCH3 is 1. The zero-order valence-corrected chi connectivity index (χ0v) is 15.0. The van der Waals surface area contributed by atoms with Crippen molar-refractivity contribution in [2.24, 2.45) is 0 Å². The Morgan fingerprint density at radius 1 is 1.18 bits per heavy atom. The summed E-state index contributed by atoms with van der Waals surface area (Å²) >= 11 is 0. The van der Waals surface area contributed by atoms with Crippen molar-refractivity contribution in [1.29, 1.82) is 0 Å². The van der Waals surface area contributed by atoms with E-state index in [9.17, 15) is 24.5 Å². The number of para-hydroxylation sites is 1. The molecule has 0 fully saturated rings. The molecular formula is C19H18N2O7. The number of hydrogen-bond donors (Lipinski definition) is 1. The third-order valence-corrected chi connectivity index (χ3v) is 3.79. The molecule has 1 N–H and O–H groups in total. The Morgan fingerprint density at radius 2 is 1.89 bits per heavy atom. The molecule has 9 heteroatoms. The lowest BCUT2D eigenvalue weighted by molar-refractivity contribution is -0.386. The molecule has 0 radical (unpaired) electrons. The van der Waals surface area contributed by atoms with Gasteiger partial charge < -0.3 is 14.8 Å². The van der Waals surface area contributed by atoms with Gasteiger partial charge in [-0.15, -0.1) is 0 Å². The maximum absolute atomic E-state index is 12.5. The molecule has 0 bridgehead atoms. The first-order valence-corrected chi connectivity index (χ1v) is 8.24. The van der Waals surface area contributed by atoms with Crippen LogP contribution in [0.4, 0.5) is 5.69 Å². The zero-order valence-electron chi connectivity index (χ0n) is 15.0. The molecule has 2 aromatic carbocycles. The van der Waals surface area contributed by atoms with Gasteiger partial charge in [0.2, 0.25) is 0 Å². The number of nitro groups is 1. The first kappa shape index (κ1) is 20.6. The summed E-state index contributed by atoms with van der Waals surface area (Å²) in [5.74, 6) is -1.67. The van der Waals surface area contributed by atoms with Gasteiger partial charge >= 0.3 is 11.7 Å². The fourth-order valence-corrected chi connectivity index (χ4v) is 2.40. The van der Waals surface area contributed by atoms with Gasteiger partial charge in [-0.25, -0.2) is 0 Å².